The molecule has 0 bridgehead atoms. The van der Waals surface area contributed by atoms with Crippen molar-refractivity contribution in [3.8, 4) is 39.3 Å². The lowest BCUT2D eigenvalue weighted by molar-refractivity contribution is 0.918. The third-order valence-electron chi connectivity index (χ3n) is 11.0. The van der Waals surface area contributed by atoms with Crippen LogP contribution in [0.1, 0.15) is 23.2 Å². The Kier molecular flexibility index (Phi) is 6.96. The molecule has 0 atom stereocenters. The molecule has 0 amide bonds. The first-order valence-electron chi connectivity index (χ1n) is 18.6. The first kappa shape index (κ1) is 30.6. The van der Waals surface area contributed by atoms with Gasteiger partial charge in [0.25, 0.3) is 0 Å². The number of fused-ring (bicyclic) bond motifs is 8. The number of benzene rings is 7. The Labute approximate surface area is 313 Å². The van der Waals surface area contributed by atoms with Crippen molar-refractivity contribution < 1.29 is 0 Å². The van der Waals surface area contributed by atoms with Crippen LogP contribution in [0.3, 0.4) is 0 Å². The van der Waals surface area contributed by atoms with E-state index in [4.69, 9.17) is 9.97 Å². The number of aromatic nitrogens is 4. The van der Waals surface area contributed by atoms with E-state index in [1.54, 1.807) is 0 Å². The number of hydrogen-bond donors (Lipinski definition) is 0. The van der Waals surface area contributed by atoms with Gasteiger partial charge in [-0.15, -0.1) is 0 Å². The lowest BCUT2D eigenvalue weighted by Crippen LogP contribution is -2.09. The first-order valence-corrected chi connectivity index (χ1v) is 18.6. The molecule has 1 aliphatic rings. The molecule has 0 saturated heterocycles. The van der Waals surface area contributed by atoms with Gasteiger partial charge in [-0.25, -0.2) is 9.97 Å². The minimum Gasteiger partial charge on any atom is -0.279 e. The van der Waals surface area contributed by atoms with E-state index in [1.807, 2.05) is 0 Å². The van der Waals surface area contributed by atoms with E-state index in [0.29, 0.717) is 0 Å². The van der Waals surface area contributed by atoms with E-state index in [1.165, 1.54) is 61.2 Å². The van der Waals surface area contributed by atoms with Gasteiger partial charge < -0.3 is 0 Å². The van der Waals surface area contributed by atoms with Crippen molar-refractivity contribution in [1.82, 2.24) is 18.9 Å². The smallest absolute Gasteiger partial charge is 0.221 e. The van der Waals surface area contributed by atoms with Gasteiger partial charge >= 0.3 is 0 Å². The van der Waals surface area contributed by atoms with Crippen molar-refractivity contribution in [3.63, 3.8) is 0 Å². The molecule has 1 aliphatic carbocycles. The van der Waals surface area contributed by atoms with Crippen LogP contribution in [0.4, 0.5) is 0 Å². The summed E-state index contributed by atoms with van der Waals surface area (Å²) in [6.45, 7) is 0. The Morgan fingerprint density at radius 1 is 0.407 bits per heavy atom. The summed E-state index contributed by atoms with van der Waals surface area (Å²) in [6.07, 6.45) is 4.33. The molecule has 54 heavy (non-hydrogen) atoms. The van der Waals surface area contributed by atoms with Gasteiger partial charge in [0.1, 0.15) is 5.65 Å². The minimum atomic E-state index is 0.857. The van der Waals surface area contributed by atoms with Gasteiger partial charge in [0.2, 0.25) is 5.95 Å². The fraction of sp³-hybridized carbons (Fsp3) is 0.0400. The predicted octanol–water partition coefficient (Wildman–Crippen LogP) is 12.5. The molecular weight excluding hydrogens is 657 g/mol. The molecule has 0 radical (unpaired) electrons. The van der Waals surface area contributed by atoms with E-state index in [-0.39, 0.29) is 0 Å². The second kappa shape index (κ2) is 12.3. The normalized spacial score (nSPS) is 12.8. The van der Waals surface area contributed by atoms with Gasteiger partial charge in [-0.3, -0.25) is 8.97 Å². The van der Waals surface area contributed by atoms with Crippen molar-refractivity contribution >= 4 is 50.1 Å². The number of rotatable bonds is 5. The second-order valence-corrected chi connectivity index (χ2v) is 14.2. The van der Waals surface area contributed by atoms with Gasteiger partial charge in [0.05, 0.1) is 27.8 Å². The summed E-state index contributed by atoms with van der Waals surface area (Å²) in [4.78, 5) is 10.5. The van der Waals surface area contributed by atoms with E-state index in [9.17, 15) is 0 Å². The topological polar surface area (TPSA) is 35.1 Å². The van der Waals surface area contributed by atoms with Crippen LogP contribution in [0.25, 0.3) is 89.5 Å². The number of imidazole rings is 1. The highest BCUT2D eigenvalue weighted by molar-refractivity contribution is 5.99. The zero-order chi connectivity index (χ0) is 35.6. The van der Waals surface area contributed by atoms with Gasteiger partial charge in [-0.1, -0.05) is 127 Å². The van der Waals surface area contributed by atoms with Gasteiger partial charge in [-0.2, -0.15) is 0 Å². The number of hydrogen-bond acceptors (Lipinski definition) is 2. The lowest BCUT2D eigenvalue weighted by Gasteiger charge is -2.18. The molecule has 0 spiro atoms. The molecule has 3 heterocycles. The lowest BCUT2D eigenvalue weighted by atomic mass is 9.89. The van der Waals surface area contributed by atoms with Gasteiger partial charge in [0.15, 0.2) is 0 Å². The molecule has 0 fully saturated rings. The van der Waals surface area contributed by atoms with Crippen molar-refractivity contribution in [2.45, 2.75) is 12.8 Å². The zero-order valence-electron chi connectivity index (χ0n) is 29.5. The van der Waals surface area contributed by atoms with E-state index in [2.05, 4.69) is 191 Å². The standard InChI is InChI=1S/C50H34N4/c1-3-13-33(14-4-1)38-29-39(34-15-5-2-6-16-34)31-40(30-38)36-25-23-35(24-26-36)37-27-28-42-41-17-8-11-21-46(41)53(48(42)32-37)50-52-44-19-9-7-18-43(44)49-51-45-20-10-12-22-47(45)54(49)50/h1-26,29-32H,27-28H2. The molecule has 3 aromatic heterocycles. The van der Waals surface area contributed by atoms with E-state index < -0.39 is 0 Å². The van der Waals surface area contributed by atoms with Gasteiger partial charge in [0, 0.05) is 10.8 Å². The molecule has 0 unspecified atom stereocenters. The fourth-order valence-corrected chi connectivity index (χ4v) is 8.42. The van der Waals surface area contributed by atoms with Crippen molar-refractivity contribution in [3.05, 3.63) is 193 Å². The third kappa shape index (κ3) is 4.91. The van der Waals surface area contributed by atoms with Crippen LogP contribution in [0.15, 0.2) is 176 Å². The highest BCUT2D eigenvalue weighted by atomic mass is 15.2. The Balaban J connectivity index is 1.06. The Hall–Kier alpha value is -7.04. The van der Waals surface area contributed by atoms with Crippen LogP contribution < -0.4 is 0 Å². The fourth-order valence-electron chi connectivity index (χ4n) is 8.42. The minimum absolute atomic E-state index is 0.857. The van der Waals surface area contributed by atoms with E-state index in [0.717, 1.165) is 51.9 Å². The summed E-state index contributed by atoms with van der Waals surface area (Å²) < 4.78 is 4.61. The summed E-state index contributed by atoms with van der Waals surface area (Å²) >= 11 is 0. The number of nitrogens with zero attached hydrogens (tertiary/aromatic N) is 4. The van der Waals surface area contributed by atoms with Crippen LogP contribution in [0.2, 0.25) is 0 Å². The maximum Gasteiger partial charge on any atom is 0.221 e. The molecule has 4 heteroatoms. The Bertz CT molecular complexity index is 3020. The third-order valence-corrected chi connectivity index (χ3v) is 11.0. The van der Waals surface area contributed by atoms with Crippen molar-refractivity contribution in [2.24, 2.45) is 0 Å². The maximum atomic E-state index is 5.38. The average molecular weight is 691 g/mol. The van der Waals surface area contributed by atoms with Crippen LogP contribution in [-0.2, 0) is 6.42 Å². The van der Waals surface area contributed by atoms with E-state index >= 15 is 0 Å². The zero-order valence-corrected chi connectivity index (χ0v) is 29.5. The molecule has 11 rings (SSSR count). The number of para-hydroxylation sites is 4. The maximum absolute atomic E-state index is 5.38. The molecule has 4 nitrogen and oxygen atoms in total. The summed E-state index contributed by atoms with van der Waals surface area (Å²) in [5.41, 5.74) is 17.4. The monoisotopic (exact) mass is 690 g/mol. The van der Waals surface area contributed by atoms with Crippen LogP contribution >= 0.6 is 0 Å². The molecule has 0 N–H and O–H groups in total. The molecule has 0 saturated carbocycles. The highest BCUT2D eigenvalue weighted by Crippen LogP contribution is 2.40. The second-order valence-electron chi connectivity index (χ2n) is 14.2. The molecule has 254 valence electrons. The summed E-state index contributed by atoms with van der Waals surface area (Å²) in [5.74, 6) is 0.857. The number of allylic oxidation sites excluding steroid dienone is 1. The van der Waals surface area contributed by atoms with Crippen LogP contribution in [0, 0.1) is 0 Å². The summed E-state index contributed by atoms with van der Waals surface area (Å²) in [6, 6.07) is 62.9. The quantitative estimate of drug-likeness (QED) is 0.180. The Morgan fingerprint density at radius 2 is 0.944 bits per heavy atom. The van der Waals surface area contributed by atoms with Crippen molar-refractivity contribution in [1.29, 1.82) is 0 Å². The summed E-state index contributed by atoms with van der Waals surface area (Å²) in [7, 11) is 0. The molecule has 10 aromatic rings. The average Bonchev–Trinajstić information content (AvgIpc) is 3.80. The predicted molar refractivity (Wildman–Crippen MR) is 224 cm³/mol. The number of aryl methyl sites for hydroxylation is 1. The molecule has 0 aliphatic heterocycles. The van der Waals surface area contributed by atoms with Crippen LogP contribution in [-0.4, -0.2) is 18.9 Å². The SMILES string of the molecule is C1=C(c2ccc(-c3cc(-c4ccccc4)cc(-c4ccccc4)c3)cc2)CCc2c1n(-c1nc3ccccc3c3nc4ccccc4n13)c1ccccc21. The molecule has 7 aromatic carbocycles. The van der Waals surface area contributed by atoms with Gasteiger partial charge in [-0.05, 0) is 118 Å². The Morgan fingerprint density at radius 3 is 1.63 bits per heavy atom. The van der Waals surface area contributed by atoms with Crippen LogP contribution in [0.5, 0.6) is 0 Å². The highest BCUT2D eigenvalue weighted by Gasteiger charge is 2.25. The summed E-state index contributed by atoms with van der Waals surface area (Å²) in [5, 5.41) is 2.32. The first-order chi connectivity index (χ1) is 26.8. The van der Waals surface area contributed by atoms with Crippen molar-refractivity contribution in [2.75, 3.05) is 0 Å². The molecular formula is C50H34N4. The largest absolute Gasteiger partial charge is 0.279 e.